The smallest absolute Gasteiger partial charge is 0.317 e. The molecule has 2 aromatic carbocycles. The molecule has 1 aliphatic rings. The van der Waals surface area contributed by atoms with Crippen molar-refractivity contribution in [2.24, 2.45) is 0 Å². The molecular formula is C23H31N3O2. The van der Waals surface area contributed by atoms with Crippen molar-refractivity contribution >= 4 is 6.03 Å². The van der Waals surface area contributed by atoms with Gasteiger partial charge in [0, 0.05) is 26.2 Å². The Morgan fingerprint density at radius 1 is 1.18 bits per heavy atom. The van der Waals surface area contributed by atoms with Gasteiger partial charge in [-0.1, -0.05) is 42.5 Å². The Morgan fingerprint density at radius 3 is 2.64 bits per heavy atom. The van der Waals surface area contributed by atoms with Crippen LogP contribution in [-0.4, -0.2) is 49.1 Å². The Kier molecular flexibility index (Phi) is 7.31. The quantitative estimate of drug-likeness (QED) is 0.750. The molecule has 0 aromatic heterocycles. The molecule has 1 saturated heterocycles. The van der Waals surface area contributed by atoms with Gasteiger partial charge in [-0.05, 0) is 50.1 Å². The van der Waals surface area contributed by atoms with Gasteiger partial charge in [-0.2, -0.15) is 0 Å². The van der Waals surface area contributed by atoms with E-state index >= 15 is 0 Å². The number of rotatable bonds is 8. The van der Waals surface area contributed by atoms with E-state index in [4.69, 9.17) is 4.74 Å². The molecule has 5 nitrogen and oxygen atoms in total. The third-order valence-electron chi connectivity index (χ3n) is 5.15. The average Bonchev–Trinajstić information content (AvgIpc) is 3.19. The Balaban J connectivity index is 1.47. The first kappa shape index (κ1) is 20.2. The number of carbonyl (C=O) groups excluding carboxylic acids is 1. The second-order valence-electron chi connectivity index (χ2n) is 7.31. The SMILES string of the molecule is CCOc1ccc(C2CCCN2C(=O)NCCN(C)Cc2ccccc2)cc1. The maximum atomic E-state index is 12.7. The van der Waals surface area contributed by atoms with Gasteiger partial charge in [-0.25, -0.2) is 4.79 Å². The monoisotopic (exact) mass is 381 g/mol. The lowest BCUT2D eigenvalue weighted by molar-refractivity contribution is 0.191. The van der Waals surface area contributed by atoms with Crippen molar-refractivity contribution in [2.75, 3.05) is 33.3 Å². The fourth-order valence-electron chi connectivity index (χ4n) is 3.74. The zero-order chi connectivity index (χ0) is 19.8. The number of nitrogens with one attached hydrogen (secondary N) is 1. The lowest BCUT2D eigenvalue weighted by atomic mass is 10.0. The van der Waals surface area contributed by atoms with Crippen LogP contribution in [0.2, 0.25) is 0 Å². The van der Waals surface area contributed by atoms with Crippen LogP contribution in [0.25, 0.3) is 0 Å². The molecule has 2 amide bonds. The van der Waals surface area contributed by atoms with Crippen molar-refractivity contribution in [3.8, 4) is 5.75 Å². The van der Waals surface area contributed by atoms with E-state index in [9.17, 15) is 4.79 Å². The standard InChI is InChI=1S/C23H31N3O2/c1-3-28-21-13-11-20(12-14-21)22-10-7-16-26(22)23(27)24-15-17-25(2)18-19-8-5-4-6-9-19/h4-6,8-9,11-14,22H,3,7,10,15-18H2,1-2H3,(H,24,27). The highest BCUT2D eigenvalue weighted by Crippen LogP contribution is 2.32. The van der Waals surface area contributed by atoms with Crippen LogP contribution in [0.3, 0.4) is 0 Å². The lowest BCUT2D eigenvalue weighted by Gasteiger charge is -2.26. The summed E-state index contributed by atoms with van der Waals surface area (Å²) in [6.45, 7) is 5.81. The maximum absolute atomic E-state index is 12.7. The summed E-state index contributed by atoms with van der Waals surface area (Å²) in [5.41, 5.74) is 2.46. The molecule has 5 heteroatoms. The summed E-state index contributed by atoms with van der Waals surface area (Å²) in [5.74, 6) is 0.877. The van der Waals surface area contributed by atoms with Crippen LogP contribution in [0.5, 0.6) is 5.75 Å². The number of amides is 2. The number of carbonyl (C=O) groups is 1. The number of benzene rings is 2. The molecule has 0 bridgehead atoms. The van der Waals surface area contributed by atoms with Crippen LogP contribution in [0.15, 0.2) is 54.6 Å². The summed E-state index contributed by atoms with van der Waals surface area (Å²) in [6, 6.07) is 18.7. The number of nitrogens with zero attached hydrogens (tertiary/aromatic N) is 2. The number of hydrogen-bond donors (Lipinski definition) is 1. The molecule has 3 rings (SSSR count). The van der Waals surface area contributed by atoms with E-state index in [2.05, 4.69) is 53.7 Å². The van der Waals surface area contributed by atoms with Gasteiger partial charge in [0.2, 0.25) is 0 Å². The number of hydrogen-bond acceptors (Lipinski definition) is 3. The van der Waals surface area contributed by atoms with Crippen molar-refractivity contribution in [1.82, 2.24) is 15.1 Å². The summed E-state index contributed by atoms with van der Waals surface area (Å²) in [5, 5.41) is 3.09. The molecule has 1 unspecified atom stereocenters. The number of urea groups is 1. The molecule has 150 valence electrons. The molecule has 0 radical (unpaired) electrons. The molecule has 0 saturated carbocycles. The van der Waals surface area contributed by atoms with E-state index in [-0.39, 0.29) is 12.1 Å². The molecule has 1 heterocycles. The van der Waals surface area contributed by atoms with Gasteiger partial charge in [-0.15, -0.1) is 0 Å². The minimum absolute atomic E-state index is 0.0319. The molecule has 1 aliphatic heterocycles. The predicted octanol–water partition coefficient (Wildman–Crippen LogP) is 4.06. The van der Waals surface area contributed by atoms with Crippen LogP contribution >= 0.6 is 0 Å². The molecule has 0 spiro atoms. The second-order valence-corrected chi connectivity index (χ2v) is 7.31. The van der Waals surface area contributed by atoms with Gasteiger partial charge in [-0.3, -0.25) is 0 Å². The summed E-state index contributed by atoms with van der Waals surface area (Å²) < 4.78 is 5.52. The van der Waals surface area contributed by atoms with Gasteiger partial charge >= 0.3 is 6.03 Å². The van der Waals surface area contributed by atoms with Crippen LogP contribution in [0.1, 0.15) is 36.9 Å². The Labute approximate surface area is 168 Å². The van der Waals surface area contributed by atoms with Gasteiger partial charge in [0.15, 0.2) is 0 Å². The Bertz CT molecular complexity index is 733. The van der Waals surface area contributed by atoms with Crippen molar-refractivity contribution in [3.05, 3.63) is 65.7 Å². The van der Waals surface area contributed by atoms with Crippen molar-refractivity contribution in [2.45, 2.75) is 32.4 Å². The fourth-order valence-corrected chi connectivity index (χ4v) is 3.74. The van der Waals surface area contributed by atoms with E-state index in [0.29, 0.717) is 13.2 Å². The highest BCUT2D eigenvalue weighted by molar-refractivity contribution is 5.75. The Morgan fingerprint density at radius 2 is 1.93 bits per heavy atom. The van der Waals surface area contributed by atoms with E-state index in [0.717, 1.165) is 38.2 Å². The van der Waals surface area contributed by atoms with Crippen LogP contribution in [-0.2, 0) is 6.54 Å². The topological polar surface area (TPSA) is 44.8 Å². The molecule has 0 aliphatic carbocycles. The lowest BCUT2D eigenvalue weighted by Crippen LogP contribution is -2.42. The highest BCUT2D eigenvalue weighted by atomic mass is 16.5. The maximum Gasteiger partial charge on any atom is 0.317 e. The molecule has 28 heavy (non-hydrogen) atoms. The number of likely N-dealkylation sites (N-methyl/N-ethyl adjacent to an activating group) is 1. The first-order valence-electron chi connectivity index (χ1n) is 10.2. The third-order valence-corrected chi connectivity index (χ3v) is 5.15. The molecule has 1 fully saturated rings. The summed E-state index contributed by atoms with van der Waals surface area (Å²) in [4.78, 5) is 16.9. The van der Waals surface area contributed by atoms with E-state index in [1.165, 1.54) is 11.1 Å². The van der Waals surface area contributed by atoms with E-state index in [1.54, 1.807) is 0 Å². The number of ether oxygens (including phenoxy) is 1. The molecule has 2 aromatic rings. The summed E-state index contributed by atoms with van der Waals surface area (Å²) in [6.07, 6.45) is 2.05. The normalized spacial score (nSPS) is 16.4. The first-order chi connectivity index (χ1) is 13.7. The van der Waals surface area contributed by atoms with Crippen molar-refractivity contribution in [3.63, 3.8) is 0 Å². The first-order valence-corrected chi connectivity index (χ1v) is 10.2. The van der Waals surface area contributed by atoms with Gasteiger partial charge < -0.3 is 19.9 Å². The molecule has 1 atom stereocenters. The summed E-state index contributed by atoms with van der Waals surface area (Å²) >= 11 is 0. The Hall–Kier alpha value is -2.53. The fraction of sp³-hybridized carbons (Fsp3) is 0.435. The van der Waals surface area contributed by atoms with Crippen molar-refractivity contribution in [1.29, 1.82) is 0 Å². The van der Waals surface area contributed by atoms with Gasteiger partial charge in [0.1, 0.15) is 5.75 Å². The summed E-state index contributed by atoms with van der Waals surface area (Å²) in [7, 11) is 2.08. The van der Waals surface area contributed by atoms with E-state index < -0.39 is 0 Å². The highest BCUT2D eigenvalue weighted by Gasteiger charge is 2.29. The third kappa shape index (κ3) is 5.49. The zero-order valence-corrected chi connectivity index (χ0v) is 16.9. The van der Waals surface area contributed by atoms with E-state index in [1.807, 2.05) is 30.0 Å². The largest absolute Gasteiger partial charge is 0.494 e. The second kappa shape index (κ2) is 10.1. The van der Waals surface area contributed by atoms with Gasteiger partial charge in [0.05, 0.1) is 12.6 Å². The minimum Gasteiger partial charge on any atom is -0.494 e. The van der Waals surface area contributed by atoms with Crippen LogP contribution < -0.4 is 10.1 Å². The van der Waals surface area contributed by atoms with Crippen LogP contribution in [0, 0.1) is 0 Å². The average molecular weight is 382 g/mol. The van der Waals surface area contributed by atoms with Crippen molar-refractivity contribution < 1.29 is 9.53 Å². The minimum atomic E-state index is 0.0319. The zero-order valence-electron chi connectivity index (χ0n) is 16.9. The van der Waals surface area contributed by atoms with Crippen LogP contribution in [0.4, 0.5) is 4.79 Å². The predicted molar refractivity (Wildman–Crippen MR) is 112 cm³/mol. The van der Waals surface area contributed by atoms with Gasteiger partial charge in [0.25, 0.3) is 0 Å². The molecule has 1 N–H and O–H groups in total. The number of likely N-dealkylation sites (tertiary alicyclic amines) is 1. The molecular weight excluding hydrogens is 350 g/mol.